The fourth-order valence-corrected chi connectivity index (χ4v) is 19.0. The van der Waals surface area contributed by atoms with Crippen LogP contribution in [0.5, 0.6) is 0 Å². The largest absolute Gasteiger partial charge is 0.356 e. The summed E-state index contributed by atoms with van der Waals surface area (Å²) in [4.78, 5) is 2.42. The maximum atomic E-state index is 3.59. The molecule has 109 heavy (non-hydrogen) atoms. The second-order valence-electron chi connectivity index (χ2n) is 28.1. The number of hydrogen-bond acceptors (Lipinski definition) is 4. The number of fused-ring (bicyclic) bond motifs is 18. The van der Waals surface area contributed by atoms with Gasteiger partial charge < -0.3 is 10.2 Å². The van der Waals surface area contributed by atoms with E-state index in [2.05, 4.69) is 427 Å². The first-order valence-electron chi connectivity index (χ1n) is 37.0. The third-order valence-corrected chi connectivity index (χ3v) is 25.0. The van der Waals surface area contributed by atoms with E-state index >= 15 is 0 Å². The van der Waals surface area contributed by atoms with Gasteiger partial charge in [-0.05, 0) is 244 Å². The minimum absolute atomic E-state index is 1.07. The van der Waals surface area contributed by atoms with E-state index in [4.69, 9.17) is 0 Å². The highest BCUT2D eigenvalue weighted by molar-refractivity contribution is 9.10. The van der Waals surface area contributed by atoms with Crippen LogP contribution in [0.25, 0.3) is 171 Å². The molecule has 1 N–H and O–H groups in total. The van der Waals surface area contributed by atoms with Crippen molar-refractivity contribution in [1.29, 1.82) is 0 Å². The molecular weight excluding hydrogens is 1420 g/mol. The van der Waals surface area contributed by atoms with Crippen LogP contribution in [-0.2, 0) is 0 Å². The van der Waals surface area contributed by atoms with E-state index in [9.17, 15) is 0 Å². The molecule has 22 rings (SSSR count). The lowest BCUT2D eigenvalue weighted by Gasteiger charge is -2.26. The highest BCUT2D eigenvalue weighted by atomic mass is 79.9. The Balaban J connectivity index is 0.000000124. The Morgan fingerprint density at radius 1 is 0.202 bits per heavy atom. The van der Waals surface area contributed by atoms with Crippen molar-refractivity contribution in [2.24, 2.45) is 0 Å². The van der Waals surface area contributed by atoms with Crippen molar-refractivity contribution in [1.82, 2.24) is 0 Å². The Morgan fingerprint density at radius 2 is 0.468 bits per heavy atom. The second kappa shape index (κ2) is 28.0. The molecule has 2 aromatic heterocycles. The first kappa shape index (κ1) is 65.5. The third-order valence-electron chi connectivity index (χ3n) is 21.6. The lowest BCUT2D eigenvalue weighted by Crippen LogP contribution is -2.10. The van der Waals surface area contributed by atoms with Gasteiger partial charge in [-0.25, -0.2) is 0 Å². The van der Waals surface area contributed by atoms with Gasteiger partial charge in [0.2, 0.25) is 0 Å². The molecule has 0 amide bonds. The highest BCUT2D eigenvalue weighted by Crippen LogP contribution is 2.47. The van der Waals surface area contributed by atoms with Crippen LogP contribution >= 0.6 is 38.6 Å². The number of thiophene rings is 2. The SMILES string of the molecule is Brc1cccc2c1sc1ccccc12.c1ccc2c(c1)ccc1ccc(-c3ccc(N(c4ccc(-c5ccc6ccc7ccccc7c6c5)cc4)c4cccc5c4sc4ccccc45)cc3)cc12.c1ccc2c(c1)ccc1ccc(-c3ccc(Nc4ccc(-c5ccc6ccc7ccccc7c6c5)cc4)cc3)cc12. The van der Waals surface area contributed by atoms with Crippen molar-refractivity contribution in [2.45, 2.75) is 0 Å². The molecule has 512 valence electrons. The van der Waals surface area contributed by atoms with Crippen molar-refractivity contribution < 1.29 is 0 Å². The Hall–Kier alpha value is -13.0. The average Bonchev–Trinajstić information content (AvgIpc) is 1.41. The number of benzene rings is 20. The predicted molar refractivity (Wildman–Crippen MR) is 479 cm³/mol. The molecule has 20 aromatic carbocycles. The second-order valence-corrected chi connectivity index (χ2v) is 31.0. The molecule has 0 atom stereocenters. The van der Waals surface area contributed by atoms with Gasteiger partial charge in [0.1, 0.15) is 0 Å². The van der Waals surface area contributed by atoms with E-state index < -0.39 is 0 Å². The molecule has 0 saturated carbocycles. The maximum absolute atomic E-state index is 3.59. The molecule has 0 aliphatic heterocycles. The highest BCUT2D eigenvalue weighted by Gasteiger charge is 2.20. The van der Waals surface area contributed by atoms with Crippen LogP contribution in [0.2, 0.25) is 0 Å². The number of nitrogens with one attached hydrogen (secondary N) is 1. The maximum Gasteiger partial charge on any atom is 0.0640 e. The van der Waals surface area contributed by atoms with Gasteiger partial charge in [-0.3, -0.25) is 0 Å². The number of anilines is 5. The van der Waals surface area contributed by atoms with Gasteiger partial charge in [0.15, 0.2) is 0 Å². The summed E-state index contributed by atoms with van der Waals surface area (Å²) in [6.07, 6.45) is 0. The topological polar surface area (TPSA) is 15.3 Å². The molecule has 22 aromatic rings. The molecule has 0 aliphatic carbocycles. The normalized spacial score (nSPS) is 11.5. The summed E-state index contributed by atoms with van der Waals surface area (Å²) in [5.74, 6) is 0. The molecule has 0 saturated heterocycles. The zero-order valence-corrected chi connectivity index (χ0v) is 62.5. The van der Waals surface area contributed by atoms with Crippen molar-refractivity contribution in [3.8, 4) is 44.5 Å². The summed E-state index contributed by atoms with van der Waals surface area (Å²) in [7, 11) is 0. The Kier molecular flexibility index (Phi) is 16.9. The summed E-state index contributed by atoms with van der Waals surface area (Å²) in [5, 5.41) is 29.3. The summed E-state index contributed by atoms with van der Waals surface area (Å²) in [5.41, 5.74) is 15.3. The predicted octanol–water partition coefficient (Wildman–Crippen LogP) is 31.7. The van der Waals surface area contributed by atoms with Gasteiger partial charge >= 0.3 is 0 Å². The van der Waals surface area contributed by atoms with Crippen LogP contribution in [0.1, 0.15) is 0 Å². The van der Waals surface area contributed by atoms with E-state index in [-0.39, 0.29) is 0 Å². The lowest BCUT2D eigenvalue weighted by atomic mass is 9.96. The monoisotopic (exact) mass is 1490 g/mol. The molecule has 0 unspecified atom stereocenters. The number of hydrogen-bond donors (Lipinski definition) is 1. The van der Waals surface area contributed by atoms with Crippen molar-refractivity contribution in [2.75, 3.05) is 10.2 Å². The van der Waals surface area contributed by atoms with Gasteiger partial charge in [-0.1, -0.05) is 303 Å². The van der Waals surface area contributed by atoms with Crippen LogP contribution in [-0.4, -0.2) is 0 Å². The first-order valence-corrected chi connectivity index (χ1v) is 39.4. The number of nitrogens with zero attached hydrogens (tertiary/aromatic N) is 1. The Labute approximate surface area is 648 Å². The molecule has 0 bridgehead atoms. The standard InChI is InChI=1S/C52H33NS.C40H27N.C12H7BrS/c1-3-10-44-36(8-1)16-18-38-20-22-40(32-48(38)44)34-24-28-42(29-25-34)53(50-14-7-13-47-46-12-5-6-15-51(46)54-52(47)50)43-30-26-35(27-31-43)41-23-21-39-19-17-37-9-2-4-11-45(37)49(39)33-41;1-3-7-37-29(5-1)9-11-31-13-15-33(25-39(31)37)27-17-21-35(22-18-27)41-36-23-19-28(20-24-36)34-16-14-32-12-10-30-6-2-4-8-38(30)40(32)26-34;13-10-6-3-5-9-8-4-1-2-7-11(8)14-12(9)10/h1-33H;1-26,41H;1-7H. The van der Waals surface area contributed by atoms with E-state index in [1.54, 1.807) is 0 Å². The molecule has 5 heteroatoms. The van der Waals surface area contributed by atoms with Gasteiger partial charge in [-0.15, -0.1) is 22.7 Å². The van der Waals surface area contributed by atoms with Crippen molar-refractivity contribution in [3.63, 3.8) is 0 Å². The zero-order chi connectivity index (χ0) is 72.3. The Morgan fingerprint density at radius 3 is 0.835 bits per heavy atom. The molecular formula is C104H67BrN2S2. The average molecular weight is 1490 g/mol. The van der Waals surface area contributed by atoms with Gasteiger partial charge in [0.05, 0.1) is 10.4 Å². The van der Waals surface area contributed by atoms with Crippen LogP contribution in [0, 0.1) is 0 Å². The first-order chi connectivity index (χ1) is 53.9. The minimum Gasteiger partial charge on any atom is -0.356 e. The van der Waals surface area contributed by atoms with E-state index in [1.165, 1.54) is 181 Å². The third kappa shape index (κ3) is 12.4. The van der Waals surface area contributed by atoms with Crippen LogP contribution in [0.15, 0.2) is 405 Å². The number of rotatable bonds is 9. The van der Waals surface area contributed by atoms with Gasteiger partial charge in [0.25, 0.3) is 0 Å². The quantitative estimate of drug-likeness (QED) is 0.145. The smallest absolute Gasteiger partial charge is 0.0640 e. The van der Waals surface area contributed by atoms with E-state index in [0.29, 0.717) is 0 Å². The summed E-state index contributed by atoms with van der Waals surface area (Å²) < 4.78 is 6.48. The number of halogens is 1. The fourth-order valence-electron chi connectivity index (χ4n) is 16.0. The van der Waals surface area contributed by atoms with Gasteiger partial charge in [-0.2, -0.15) is 0 Å². The summed E-state index contributed by atoms with van der Waals surface area (Å²) in [6, 6.07) is 145. The summed E-state index contributed by atoms with van der Waals surface area (Å²) in [6.45, 7) is 0. The fraction of sp³-hybridized carbons (Fsp3) is 0. The van der Waals surface area contributed by atoms with E-state index in [1.807, 2.05) is 22.7 Å². The van der Waals surface area contributed by atoms with Crippen molar-refractivity contribution >= 4 is 194 Å². The lowest BCUT2D eigenvalue weighted by molar-refractivity contribution is 1.30. The molecule has 0 radical (unpaired) electrons. The van der Waals surface area contributed by atoms with Crippen LogP contribution in [0.4, 0.5) is 28.4 Å². The van der Waals surface area contributed by atoms with E-state index in [0.717, 1.165) is 22.7 Å². The Bertz CT molecular complexity index is 6940. The van der Waals surface area contributed by atoms with Crippen LogP contribution < -0.4 is 10.2 Å². The summed E-state index contributed by atoms with van der Waals surface area (Å²) >= 11 is 7.29. The van der Waals surface area contributed by atoms with Crippen molar-refractivity contribution in [3.05, 3.63) is 405 Å². The van der Waals surface area contributed by atoms with Gasteiger partial charge in [0, 0.05) is 62.9 Å². The minimum atomic E-state index is 1.07. The van der Waals surface area contributed by atoms with Crippen LogP contribution in [0.3, 0.4) is 0 Å². The molecule has 2 nitrogen and oxygen atoms in total. The molecule has 2 heterocycles. The molecule has 0 aliphatic rings. The zero-order valence-electron chi connectivity index (χ0n) is 59.2. The molecule has 0 fully saturated rings. The molecule has 0 spiro atoms.